The van der Waals surface area contributed by atoms with Crippen LogP contribution in [0.2, 0.25) is 0 Å². The highest BCUT2D eigenvalue weighted by Crippen LogP contribution is 2.32. The van der Waals surface area contributed by atoms with E-state index in [2.05, 4.69) is 85.1 Å². The summed E-state index contributed by atoms with van der Waals surface area (Å²) in [5.74, 6) is 2.13. The topological polar surface area (TPSA) is 24.1 Å². The molecule has 2 heteroatoms. The van der Waals surface area contributed by atoms with Gasteiger partial charge in [0.1, 0.15) is 0 Å². The van der Waals surface area contributed by atoms with Crippen LogP contribution in [-0.2, 0) is 0 Å². The molecule has 0 heterocycles. The second kappa shape index (κ2) is 10.6. The Labute approximate surface area is 165 Å². The average molecular weight is 365 g/mol. The molecule has 0 bridgehead atoms. The molecular formula is C25H36N2. The smallest absolute Gasteiger partial charge is 0.0214 e. The van der Waals surface area contributed by atoms with E-state index in [1.54, 1.807) is 0 Å². The van der Waals surface area contributed by atoms with E-state index < -0.39 is 0 Å². The standard InChI is InChI=1S/C25H36N2/c1-3-21-15-10-16-25(20(21)2)27-18-17-26-19-24(22-11-6-4-7-12-22)23-13-8-5-9-14-23/h4-9,11-14,20-21,24-27H,3,10,15-19H2,1-2H3. The molecular weight excluding hydrogens is 328 g/mol. The van der Waals surface area contributed by atoms with Crippen molar-refractivity contribution in [3.05, 3.63) is 71.8 Å². The zero-order valence-electron chi connectivity index (χ0n) is 17.0. The first-order chi connectivity index (χ1) is 13.3. The third-order valence-corrected chi connectivity index (χ3v) is 6.45. The van der Waals surface area contributed by atoms with Gasteiger partial charge in [0.05, 0.1) is 0 Å². The lowest BCUT2D eigenvalue weighted by Crippen LogP contribution is -2.44. The van der Waals surface area contributed by atoms with E-state index in [1.165, 1.54) is 36.8 Å². The van der Waals surface area contributed by atoms with Crippen molar-refractivity contribution in [3.8, 4) is 0 Å². The van der Waals surface area contributed by atoms with E-state index in [0.717, 1.165) is 31.5 Å². The molecule has 2 N–H and O–H groups in total. The van der Waals surface area contributed by atoms with Gasteiger partial charge in [-0.25, -0.2) is 0 Å². The number of nitrogens with one attached hydrogen (secondary N) is 2. The van der Waals surface area contributed by atoms with Gasteiger partial charge in [-0.15, -0.1) is 0 Å². The van der Waals surface area contributed by atoms with Crippen molar-refractivity contribution in [1.82, 2.24) is 10.6 Å². The van der Waals surface area contributed by atoms with Crippen LogP contribution in [0.5, 0.6) is 0 Å². The second-order valence-corrected chi connectivity index (χ2v) is 8.10. The highest BCUT2D eigenvalue weighted by atomic mass is 15.0. The summed E-state index contributed by atoms with van der Waals surface area (Å²) < 4.78 is 0. The molecule has 3 atom stereocenters. The molecule has 2 aromatic rings. The minimum atomic E-state index is 0.408. The lowest BCUT2D eigenvalue weighted by molar-refractivity contribution is 0.188. The average Bonchev–Trinajstić information content (AvgIpc) is 2.73. The Morgan fingerprint density at radius 2 is 1.52 bits per heavy atom. The Hall–Kier alpha value is -1.64. The van der Waals surface area contributed by atoms with Crippen LogP contribution < -0.4 is 10.6 Å². The quantitative estimate of drug-likeness (QED) is 0.597. The zero-order valence-corrected chi connectivity index (χ0v) is 17.0. The molecule has 0 aromatic heterocycles. The van der Waals surface area contributed by atoms with Crippen molar-refractivity contribution >= 4 is 0 Å². The molecule has 1 fully saturated rings. The van der Waals surface area contributed by atoms with E-state index in [4.69, 9.17) is 0 Å². The summed E-state index contributed by atoms with van der Waals surface area (Å²) in [5, 5.41) is 7.53. The van der Waals surface area contributed by atoms with E-state index in [0.29, 0.717) is 12.0 Å². The largest absolute Gasteiger partial charge is 0.315 e. The van der Waals surface area contributed by atoms with Gasteiger partial charge >= 0.3 is 0 Å². The maximum absolute atomic E-state index is 3.83. The van der Waals surface area contributed by atoms with Gasteiger partial charge in [-0.1, -0.05) is 93.8 Å². The molecule has 27 heavy (non-hydrogen) atoms. The lowest BCUT2D eigenvalue weighted by Gasteiger charge is -2.36. The summed E-state index contributed by atoms with van der Waals surface area (Å²) >= 11 is 0. The number of hydrogen-bond donors (Lipinski definition) is 2. The van der Waals surface area contributed by atoms with E-state index in [9.17, 15) is 0 Å². The summed E-state index contributed by atoms with van der Waals surface area (Å²) in [6, 6.07) is 22.4. The SMILES string of the molecule is CCC1CCCC(NCCNCC(c2ccccc2)c2ccccc2)C1C. The summed E-state index contributed by atoms with van der Waals surface area (Å²) in [4.78, 5) is 0. The first-order valence-corrected chi connectivity index (χ1v) is 10.8. The fraction of sp³-hybridized carbons (Fsp3) is 0.520. The highest BCUT2D eigenvalue weighted by molar-refractivity contribution is 5.32. The van der Waals surface area contributed by atoms with Gasteiger partial charge in [0.15, 0.2) is 0 Å². The Bertz CT molecular complexity index is 600. The molecule has 2 nitrogen and oxygen atoms in total. The molecule has 1 aliphatic carbocycles. The van der Waals surface area contributed by atoms with Crippen LogP contribution in [0, 0.1) is 11.8 Å². The number of rotatable bonds is 9. The predicted molar refractivity (Wildman–Crippen MR) is 116 cm³/mol. The minimum Gasteiger partial charge on any atom is -0.315 e. The first kappa shape index (κ1) is 20.1. The van der Waals surface area contributed by atoms with Crippen molar-refractivity contribution in [1.29, 1.82) is 0 Å². The molecule has 0 radical (unpaired) electrons. The van der Waals surface area contributed by atoms with Crippen molar-refractivity contribution in [2.75, 3.05) is 19.6 Å². The predicted octanol–water partition coefficient (Wildman–Crippen LogP) is 5.21. The monoisotopic (exact) mass is 364 g/mol. The van der Waals surface area contributed by atoms with Crippen LogP contribution in [-0.4, -0.2) is 25.7 Å². The maximum Gasteiger partial charge on any atom is 0.0214 e. The van der Waals surface area contributed by atoms with Gasteiger partial charge in [-0.2, -0.15) is 0 Å². The summed E-state index contributed by atoms with van der Waals surface area (Å²) in [6.45, 7) is 7.85. The first-order valence-electron chi connectivity index (χ1n) is 10.8. The Morgan fingerprint density at radius 1 is 0.889 bits per heavy atom. The maximum atomic E-state index is 3.83. The molecule has 3 unspecified atom stereocenters. The highest BCUT2D eigenvalue weighted by Gasteiger charge is 2.28. The van der Waals surface area contributed by atoms with E-state index in [1.807, 2.05) is 0 Å². The summed E-state index contributed by atoms with van der Waals surface area (Å²) in [5.41, 5.74) is 2.77. The molecule has 0 amide bonds. The van der Waals surface area contributed by atoms with Crippen molar-refractivity contribution in [2.24, 2.45) is 11.8 Å². The summed E-state index contributed by atoms with van der Waals surface area (Å²) in [7, 11) is 0. The lowest BCUT2D eigenvalue weighted by atomic mass is 9.76. The minimum absolute atomic E-state index is 0.408. The van der Waals surface area contributed by atoms with Gasteiger partial charge in [0.2, 0.25) is 0 Å². The van der Waals surface area contributed by atoms with Crippen LogP contribution in [0.15, 0.2) is 60.7 Å². The third kappa shape index (κ3) is 5.67. The molecule has 1 saturated carbocycles. The number of hydrogen-bond acceptors (Lipinski definition) is 2. The van der Waals surface area contributed by atoms with Gasteiger partial charge in [0.25, 0.3) is 0 Å². The fourth-order valence-corrected chi connectivity index (χ4v) is 4.71. The van der Waals surface area contributed by atoms with Crippen LogP contribution >= 0.6 is 0 Å². The Balaban J connectivity index is 1.48. The Kier molecular flexibility index (Phi) is 7.92. The molecule has 2 aromatic carbocycles. The number of benzene rings is 2. The van der Waals surface area contributed by atoms with Crippen molar-refractivity contribution in [3.63, 3.8) is 0 Å². The van der Waals surface area contributed by atoms with Gasteiger partial charge in [-0.05, 0) is 29.4 Å². The van der Waals surface area contributed by atoms with Gasteiger partial charge < -0.3 is 10.6 Å². The van der Waals surface area contributed by atoms with Gasteiger partial charge in [-0.3, -0.25) is 0 Å². The molecule has 1 aliphatic rings. The van der Waals surface area contributed by atoms with Crippen LogP contribution in [0.25, 0.3) is 0 Å². The van der Waals surface area contributed by atoms with Crippen molar-refractivity contribution < 1.29 is 0 Å². The van der Waals surface area contributed by atoms with Crippen molar-refractivity contribution in [2.45, 2.75) is 51.5 Å². The molecule has 0 saturated heterocycles. The van der Waals surface area contributed by atoms with Crippen LogP contribution in [0.4, 0.5) is 0 Å². The molecule has 146 valence electrons. The molecule has 0 aliphatic heterocycles. The fourth-order valence-electron chi connectivity index (χ4n) is 4.71. The van der Waals surface area contributed by atoms with Crippen LogP contribution in [0.1, 0.15) is 56.6 Å². The molecule has 3 rings (SSSR count). The van der Waals surface area contributed by atoms with E-state index in [-0.39, 0.29) is 0 Å². The third-order valence-electron chi connectivity index (χ3n) is 6.45. The molecule has 0 spiro atoms. The summed E-state index contributed by atoms with van der Waals surface area (Å²) in [6.07, 6.45) is 5.48. The van der Waals surface area contributed by atoms with Crippen LogP contribution in [0.3, 0.4) is 0 Å². The second-order valence-electron chi connectivity index (χ2n) is 8.10. The normalized spacial score (nSPS) is 22.9. The van der Waals surface area contributed by atoms with Gasteiger partial charge in [0, 0.05) is 31.6 Å². The van der Waals surface area contributed by atoms with E-state index >= 15 is 0 Å². The zero-order chi connectivity index (χ0) is 18.9. The Morgan fingerprint density at radius 3 is 2.11 bits per heavy atom.